The van der Waals surface area contributed by atoms with Crippen LogP contribution in [0.25, 0.3) is 0 Å². The summed E-state index contributed by atoms with van der Waals surface area (Å²) in [5.41, 5.74) is 7.55. The molecule has 1 heterocycles. The molecule has 0 aliphatic carbocycles. The number of nitrogens with zero attached hydrogens (tertiary/aromatic N) is 2. The van der Waals surface area contributed by atoms with Crippen LogP contribution in [-0.4, -0.2) is 51.3 Å². The Morgan fingerprint density at radius 2 is 1.96 bits per heavy atom. The van der Waals surface area contributed by atoms with Gasteiger partial charge in [0.15, 0.2) is 5.17 Å². The fourth-order valence-electron chi connectivity index (χ4n) is 2.76. The molecule has 0 radical (unpaired) electrons. The third kappa shape index (κ3) is 5.05. The molecule has 0 amide bonds. The Morgan fingerprint density at radius 3 is 2.71 bits per heavy atom. The molecule has 0 unspecified atom stereocenters. The molecular formula is C19H23N3O4S2. The number of sulfonamides is 1. The first-order valence-electron chi connectivity index (χ1n) is 8.77. The lowest BCUT2D eigenvalue weighted by atomic mass is 10.2. The number of hydrogen-bond acceptors (Lipinski definition) is 6. The molecular weight excluding hydrogens is 398 g/mol. The van der Waals surface area contributed by atoms with Crippen LogP contribution in [0.1, 0.15) is 5.56 Å². The smallest absolute Gasteiger partial charge is 0.243 e. The first-order chi connectivity index (χ1) is 13.5. The second-order valence-corrected chi connectivity index (χ2v) is 9.01. The Bertz CT molecular complexity index is 942. The van der Waals surface area contributed by atoms with Crippen molar-refractivity contribution in [2.45, 2.75) is 10.6 Å². The number of ether oxygens (including phenoxy) is 2. The van der Waals surface area contributed by atoms with Crippen LogP contribution in [0.4, 0.5) is 5.69 Å². The Morgan fingerprint density at radius 1 is 1.21 bits per heavy atom. The van der Waals surface area contributed by atoms with Crippen molar-refractivity contribution in [2.75, 3.05) is 33.4 Å². The second kappa shape index (κ2) is 9.42. The van der Waals surface area contributed by atoms with Gasteiger partial charge in [0.1, 0.15) is 11.4 Å². The lowest BCUT2D eigenvalue weighted by Crippen LogP contribution is -2.40. The zero-order valence-electron chi connectivity index (χ0n) is 15.6. The molecule has 9 heteroatoms. The number of benzene rings is 2. The summed E-state index contributed by atoms with van der Waals surface area (Å²) < 4.78 is 37.5. The van der Waals surface area contributed by atoms with E-state index in [1.807, 2.05) is 30.3 Å². The normalized spacial score (nSPS) is 16.1. The number of nitrogens with two attached hydrogens (primary N) is 1. The quantitative estimate of drug-likeness (QED) is 0.569. The van der Waals surface area contributed by atoms with Crippen LogP contribution in [-0.2, 0) is 20.5 Å². The Kier molecular flexibility index (Phi) is 6.95. The van der Waals surface area contributed by atoms with Crippen LogP contribution in [0.3, 0.4) is 0 Å². The van der Waals surface area contributed by atoms with Crippen molar-refractivity contribution < 1.29 is 17.9 Å². The number of thioether (sulfide) groups is 1. The number of amidine groups is 1. The van der Waals surface area contributed by atoms with Crippen LogP contribution < -0.4 is 10.5 Å². The van der Waals surface area contributed by atoms with E-state index in [4.69, 9.17) is 15.2 Å². The van der Waals surface area contributed by atoms with Gasteiger partial charge in [-0.3, -0.25) is 0 Å². The molecule has 3 rings (SSSR count). The first-order valence-corrected chi connectivity index (χ1v) is 11.2. The molecule has 1 fully saturated rings. The predicted octanol–water partition coefficient (Wildman–Crippen LogP) is 2.60. The van der Waals surface area contributed by atoms with Gasteiger partial charge in [0.2, 0.25) is 10.0 Å². The molecule has 0 aromatic heterocycles. The number of methoxy groups -OCH3 is 1. The molecule has 1 aliphatic rings. The van der Waals surface area contributed by atoms with Gasteiger partial charge in [-0.05, 0) is 29.8 Å². The minimum atomic E-state index is -3.51. The predicted molar refractivity (Wildman–Crippen MR) is 112 cm³/mol. The molecule has 150 valence electrons. The minimum Gasteiger partial charge on any atom is -0.494 e. The molecule has 0 atom stereocenters. The highest BCUT2D eigenvalue weighted by atomic mass is 32.2. The van der Waals surface area contributed by atoms with Crippen LogP contribution >= 0.6 is 11.8 Å². The summed E-state index contributed by atoms with van der Waals surface area (Å²) in [5.74, 6) is 1.15. The molecule has 2 aromatic rings. The van der Waals surface area contributed by atoms with E-state index in [9.17, 15) is 8.42 Å². The molecule has 2 aromatic carbocycles. The standard InChI is InChI=1S/C19H23N3O4S2/c1-25-18-8-3-2-7-17(18)21-19(20)27-14-15-5-4-6-16(13-15)28(23,24)22-9-11-26-12-10-22/h2-8,13H,9-12,14H2,1H3,(H2,20,21). The van der Waals surface area contributed by atoms with Crippen molar-refractivity contribution in [3.63, 3.8) is 0 Å². The summed E-state index contributed by atoms with van der Waals surface area (Å²) in [6, 6.07) is 14.3. The van der Waals surface area contributed by atoms with Crippen molar-refractivity contribution in [3.8, 4) is 5.75 Å². The lowest BCUT2D eigenvalue weighted by molar-refractivity contribution is 0.0730. The van der Waals surface area contributed by atoms with Crippen LogP contribution in [0, 0.1) is 0 Å². The van der Waals surface area contributed by atoms with Gasteiger partial charge in [0.05, 0.1) is 25.2 Å². The van der Waals surface area contributed by atoms with E-state index in [0.717, 1.165) is 5.56 Å². The van der Waals surface area contributed by atoms with Crippen molar-refractivity contribution >= 4 is 32.6 Å². The Hall–Kier alpha value is -2.07. The molecule has 0 saturated carbocycles. The summed E-state index contributed by atoms with van der Waals surface area (Å²) in [7, 11) is -1.93. The van der Waals surface area contributed by atoms with E-state index in [-0.39, 0.29) is 4.90 Å². The molecule has 0 bridgehead atoms. The van der Waals surface area contributed by atoms with E-state index in [0.29, 0.717) is 48.7 Å². The summed E-state index contributed by atoms with van der Waals surface area (Å²) in [4.78, 5) is 4.67. The third-order valence-electron chi connectivity index (χ3n) is 4.21. The second-order valence-electron chi connectivity index (χ2n) is 6.07. The van der Waals surface area contributed by atoms with Crippen LogP contribution in [0.2, 0.25) is 0 Å². The SMILES string of the molecule is COc1ccccc1N=C(N)SCc1cccc(S(=O)(=O)N2CCOCC2)c1. The number of para-hydroxylation sites is 2. The zero-order chi connectivity index (χ0) is 20.0. The number of aliphatic imine (C=N–C) groups is 1. The lowest BCUT2D eigenvalue weighted by Gasteiger charge is -2.26. The molecule has 1 saturated heterocycles. The van der Waals surface area contributed by atoms with Gasteiger partial charge in [-0.2, -0.15) is 4.31 Å². The van der Waals surface area contributed by atoms with Gasteiger partial charge in [0, 0.05) is 18.8 Å². The minimum absolute atomic E-state index is 0.285. The largest absolute Gasteiger partial charge is 0.494 e. The van der Waals surface area contributed by atoms with Gasteiger partial charge < -0.3 is 15.2 Å². The summed E-state index contributed by atoms with van der Waals surface area (Å²) in [6.07, 6.45) is 0. The average molecular weight is 422 g/mol. The monoisotopic (exact) mass is 421 g/mol. The van der Waals surface area contributed by atoms with E-state index < -0.39 is 10.0 Å². The average Bonchev–Trinajstić information content (AvgIpc) is 2.73. The van der Waals surface area contributed by atoms with Crippen molar-refractivity contribution in [1.29, 1.82) is 0 Å². The first kappa shape index (κ1) is 20.7. The fraction of sp³-hybridized carbons (Fsp3) is 0.316. The van der Waals surface area contributed by atoms with E-state index >= 15 is 0 Å². The third-order valence-corrected chi connectivity index (χ3v) is 6.97. The van der Waals surface area contributed by atoms with Gasteiger partial charge in [-0.25, -0.2) is 13.4 Å². The number of rotatable bonds is 6. The van der Waals surface area contributed by atoms with Gasteiger partial charge >= 0.3 is 0 Å². The Balaban J connectivity index is 1.70. The highest BCUT2D eigenvalue weighted by molar-refractivity contribution is 8.13. The highest BCUT2D eigenvalue weighted by Gasteiger charge is 2.26. The van der Waals surface area contributed by atoms with Crippen molar-refractivity contribution in [2.24, 2.45) is 10.7 Å². The maximum atomic E-state index is 12.8. The maximum absolute atomic E-state index is 12.8. The topological polar surface area (TPSA) is 94.2 Å². The van der Waals surface area contributed by atoms with Crippen LogP contribution in [0.5, 0.6) is 5.75 Å². The van der Waals surface area contributed by atoms with E-state index in [2.05, 4.69) is 4.99 Å². The molecule has 0 spiro atoms. The van der Waals surface area contributed by atoms with Crippen molar-refractivity contribution in [3.05, 3.63) is 54.1 Å². The Labute approximate surface area is 169 Å². The molecule has 7 nitrogen and oxygen atoms in total. The zero-order valence-corrected chi connectivity index (χ0v) is 17.2. The maximum Gasteiger partial charge on any atom is 0.243 e. The summed E-state index contributed by atoms with van der Waals surface area (Å²) >= 11 is 1.34. The van der Waals surface area contributed by atoms with Crippen LogP contribution in [0.15, 0.2) is 58.4 Å². The van der Waals surface area contributed by atoms with Gasteiger partial charge in [-0.15, -0.1) is 0 Å². The fourth-order valence-corrected chi connectivity index (χ4v) is 4.90. The molecule has 28 heavy (non-hydrogen) atoms. The molecule has 1 aliphatic heterocycles. The highest BCUT2D eigenvalue weighted by Crippen LogP contribution is 2.28. The molecule has 2 N–H and O–H groups in total. The van der Waals surface area contributed by atoms with E-state index in [1.165, 1.54) is 16.1 Å². The van der Waals surface area contributed by atoms with Gasteiger partial charge in [0.25, 0.3) is 0 Å². The number of hydrogen-bond donors (Lipinski definition) is 1. The summed E-state index contributed by atoms with van der Waals surface area (Å²) in [6.45, 7) is 1.59. The van der Waals surface area contributed by atoms with Gasteiger partial charge in [-0.1, -0.05) is 36.0 Å². The number of morpholine rings is 1. The summed E-state index contributed by atoms with van der Waals surface area (Å²) in [5, 5.41) is 0.380. The van der Waals surface area contributed by atoms with E-state index in [1.54, 1.807) is 25.3 Å². The van der Waals surface area contributed by atoms with Crippen molar-refractivity contribution in [1.82, 2.24) is 4.31 Å².